The Labute approximate surface area is 196 Å². The highest BCUT2D eigenvalue weighted by Crippen LogP contribution is 2.26. The molecule has 0 aliphatic carbocycles. The second-order valence-corrected chi connectivity index (χ2v) is 8.55. The zero-order chi connectivity index (χ0) is 22.6. The van der Waals surface area contributed by atoms with Crippen LogP contribution in [-0.2, 0) is 17.8 Å². The Balaban J connectivity index is 1.42. The lowest BCUT2D eigenvalue weighted by Crippen LogP contribution is -2.32. The highest BCUT2D eigenvalue weighted by molar-refractivity contribution is 7.15. The Hall–Kier alpha value is -3.90. The normalized spacial score (nSPS) is 10.9. The number of aromatic nitrogens is 2. The van der Waals surface area contributed by atoms with Crippen LogP contribution < -0.4 is 9.64 Å². The minimum absolute atomic E-state index is 0.0458. The van der Waals surface area contributed by atoms with Crippen molar-refractivity contribution < 1.29 is 9.53 Å². The van der Waals surface area contributed by atoms with Crippen LogP contribution in [0.25, 0.3) is 16.2 Å². The minimum Gasteiger partial charge on any atom is -0.497 e. The quantitative estimate of drug-likeness (QED) is 0.311. The highest BCUT2D eigenvalue weighted by Gasteiger charge is 2.19. The SMILES string of the molecule is COc1ccc(-c2cn3c(CC(=O)N(Cc4ccccc4)c4ccccc4)csc3n2)cc1. The molecule has 0 saturated heterocycles. The molecule has 6 heteroatoms. The lowest BCUT2D eigenvalue weighted by atomic mass is 10.1. The molecule has 0 radical (unpaired) electrons. The Morgan fingerprint density at radius 1 is 0.970 bits per heavy atom. The maximum absolute atomic E-state index is 13.5. The van der Waals surface area contributed by atoms with Gasteiger partial charge in [-0.1, -0.05) is 48.5 Å². The van der Waals surface area contributed by atoms with Crippen LogP contribution in [0, 0.1) is 0 Å². The van der Waals surface area contributed by atoms with Crippen LogP contribution in [0.1, 0.15) is 11.3 Å². The second kappa shape index (κ2) is 9.30. The number of imidazole rings is 1. The third-order valence-corrected chi connectivity index (χ3v) is 6.44. The molecule has 0 aliphatic rings. The predicted octanol–water partition coefficient (Wildman–Crippen LogP) is 5.85. The Kier molecular flexibility index (Phi) is 5.91. The van der Waals surface area contributed by atoms with Crippen molar-refractivity contribution in [1.29, 1.82) is 0 Å². The third kappa shape index (κ3) is 4.52. The summed E-state index contributed by atoms with van der Waals surface area (Å²) >= 11 is 1.55. The molecule has 2 aromatic heterocycles. The van der Waals surface area contributed by atoms with Crippen molar-refractivity contribution in [2.45, 2.75) is 13.0 Å². The van der Waals surface area contributed by atoms with Gasteiger partial charge in [0.1, 0.15) is 5.75 Å². The van der Waals surface area contributed by atoms with Crippen LogP contribution in [0.4, 0.5) is 5.69 Å². The number of nitrogens with zero attached hydrogens (tertiary/aromatic N) is 3. The molecular weight excluding hydrogens is 430 g/mol. The van der Waals surface area contributed by atoms with E-state index >= 15 is 0 Å². The van der Waals surface area contributed by atoms with Gasteiger partial charge in [-0.05, 0) is 42.0 Å². The summed E-state index contributed by atoms with van der Waals surface area (Å²) in [5.41, 5.74) is 4.81. The fourth-order valence-electron chi connectivity index (χ4n) is 3.81. The molecule has 5 aromatic rings. The van der Waals surface area contributed by atoms with E-state index in [0.717, 1.165) is 38.9 Å². The maximum Gasteiger partial charge on any atom is 0.233 e. The summed E-state index contributed by atoms with van der Waals surface area (Å²) in [5, 5.41) is 2.02. The van der Waals surface area contributed by atoms with Gasteiger partial charge in [-0.3, -0.25) is 9.20 Å². The predicted molar refractivity (Wildman–Crippen MR) is 133 cm³/mol. The summed E-state index contributed by atoms with van der Waals surface area (Å²) in [6, 6.07) is 27.7. The van der Waals surface area contributed by atoms with E-state index in [-0.39, 0.29) is 5.91 Å². The topological polar surface area (TPSA) is 46.8 Å². The zero-order valence-electron chi connectivity index (χ0n) is 18.2. The third-order valence-electron chi connectivity index (χ3n) is 5.55. The molecule has 1 amide bonds. The van der Waals surface area contributed by atoms with E-state index in [1.807, 2.05) is 106 Å². The van der Waals surface area contributed by atoms with E-state index < -0.39 is 0 Å². The summed E-state index contributed by atoms with van der Waals surface area (Å²) in [6.45, 7) is 0.526. The van der Waals surface area contributed by atoms with Crippen molar-refractivity contribution in [3.8, 4) is 17.0 Å². The monoisotopic (exact) mass is 453 g/mol. The number of benzene rings is 3. The molecular formula is C27H23N3O2S. The van der Waals surface area contributed by atoms with Crippen LogP contribution in [0.2, 0.25) is 0 Å². The van der Waals surface area contributed by atoms with Gasteiger partial charge in [0, 0.05) is 28.5 Å². The van der Waals surface area contributed by atoms with Gasteiger partial charge in [-0.2, -0.15) is 0 Å². The van der Waals surface area contributed by atoms with Crippen LogP contribution in [0.3, 0.4) is 0 Å². The standard InChI is InChI=1S/C27H23N3O2S/c1-32-24-14-12-21(13-15-24)25-18-30-23(19-33-27(30)28-25)16-26(31)29(22-10-6-3-7-11-22)17-20-8-4-2-5-9-20/h2-15,18-19H,16-17H2,1H3. The van der Waals surface area contributed by atoms with Crippen molar-refractivity contribution in [2.75, 3.05) is 12.0 Å². The van der Waals surface area contributed by atoms with Crippen molar-refractivity contribution in [2.24, 2.45) is 0 Å². The first kappa shape index (κ1) is 21.0. The minimum atomic E-state index is 0.0458. The summed E-state index contributed by atoms with van der Waals surface area (Å²) in [7, 11) is 1.65. The van der Waals surface area contributed by atoms with E-state index in [2.05, 4.69) is 0 Å². The number of anilines is 1. The Morgan fingerprint density at radius 2 is 1.67 bits per heavy atom. The molecule has 0 spiro atoms. The van der Waals surface area contributed by atoms with Gasteiger partial charge in [0.2, 0.25) is 5.91 Å². The number of ether oxygens (including phenoxy) is 1. The molecule has 0 aliphatic heterocycles. The van der Waals surface area contributed by atoms with E-state index in [0.29, 0.717) is 13.0 Å². The first-order valence-electron chi connectivity index (χ1n) is 10.7. The summed E-state index contributed by atoms with van der Waals surface area (Å²) in [5.74, 6) is 0.856. The molecule has 0 saturated carbocycles. The number of amides is 1. The molecule has 3 aromatic carbocycles. The largest absolute Gasteiger partial charge is 0.497 e. The van der Waals surface area contributed by atoms with Gasteiger partial charge >= 0.3 is 0 Å². The second-order valence-electron chi connectivity index (χ2n) is 7.71. The molecule has 5 nitrogen and oxygen atoms in total. The Bertz CT molecular complexity index is 1360. The van der Waals surface area contributed by atoms with Crippen LogP contribution in [-0.4, -0.2) is 22.4 Å². The Morgan fingerprint density at radius 3 is 2.36 bits per heavy atom. The molecule has 0 N–H and O–H groups in total. The summed E-state index contributed by atoms with van der Waals surface area (Å²) in [6.07, 6.45) is 2.29. The molecule has 0 atom stereocenters. The average molecular weight is 454 g/mol. The molecule has 0 fully saturated rings. The van der Waals surface area contributed by atoms with Gasteiger partial charge in [0.25, 0.3) is 0 Å². The number of hydrogen-bond acceptors (Lipinski definition) is 4. The zero-order valence-corrected chi connectivity index (χ0v) is 19.0. The van der Waals surface area contributed by atoms with Crippen LogP contribution >= 0.6 is 11.3 Å². The summed E-state index contributed by atoms with van der Waals surface area (Å²) in [4.78, 5) is 21.0. The molecule has 5 rings (SSSR count). The first-order valence-corrected chi connectivity index (χ1v) is 11.6. The highest BCUT2D eigenvalue weighted by atomic mass is 32.1. The molecule has 33 heavy (non-hydrogen) atoms. The van der Waals surface area contributed by atoms with Gasteiger partial charge in [-0.15, -0.1) is 11.3 Å². The molecule has 2 heterocycles. The fourth-order valence-corrected chi connectivity index (χ4v) is 4.68. The van der Waals surface area contributed by atoms with E-state index in [1.54, 1.807) is 18.4 Å². The lowest BCUT2D eigenvalue weighted by Gasteiger charge is -2.23. The van der Waals surface area contributed by atoms with E-state index in [1.165, 1.54) is 0 Å². The van der Waals surface area contributed by atoms with Crippen molar-refractivity contribution in [3.63, 3.8) is 0 Å². The number of methoxy groups -OCH3 is 1. The number of para-hydroxylation sites is 1. The molecule has 0 bridgehead atoms. The van der Waals surface area contributed by atoms with Gasteiger partial charge in [0.05, 0.1) is 25.8 Å². The van der Waals surface area contributed by atoms with Gasteiger partial charge < -0.3 is 9.64 Å². The van der Waals surface area contributed by atoms with Crippen molar-refractivity contribution in [1.82, 2.24) is 9.38 Å². The van der Waals surface area contributed by atoms with Crippen LogP contribution in [0.5, 0.6) is 5.75 Å². The number of fused-ring (bicyclic) bond motifs is 1. The van der Waals surface area contributed by atoms with E-state index in [9.17, 15) is 4.79 Å². The van der Waals surface area contributed by atoms with Crippen molar-refractivity contribution >= 4 is 27.9 Å². The summed E-state index contributed by atoms with van der Waals surface area (Å²) < 4.78 is 7.27. The van der Waals surface area contributed by atoms with Crippen molar-refractivity contribution in [3.05, 3.63) is 108 Å². The number of carbonyl (C=O) groups excluding carboxylic acids is 1. The average Bonchev–Trinajstić information content (AvgIpc) is 3.46. The molecule has 164 valence electrons. The molecule has 0 unspecified atom stereocenters. The van der Waals surface area contributed by atoms with E-state index in [4.69, 9.17) is 9.72 Å². The smallest absolute Gasteiger partial charge is 0.233 e. The lowest BCUT2D eigenvalue weighted by molar-refractivity contribution is -0.118. The fraction of sp³-hybridized carbons (Fsp3) is 0.111. The maximum atomic E-state index is 13.5. The number of rotatable bonds is 7. The number of thiazole rings is 1. The van der Waals surface area contributed by atoms with Crippen LogP contribution in [0.15, 0.2) is 96.5 Å². The van der Waals surface area contributed by atoms with Gasteiger partial charge in [0.15, 0.2) is 4.96 Å². The van der Waals surface area contributed by atoms with Gasteiger partial charge in [-0.25, -0.2) is 4.98 Å². The number of carbonyl (C=O) groups is 1. The first-order chi connectivity index (χ1) is 16.2. The number of hydrogen-bond donors (Lipinski definition) is 0.